The summed E-state index contributed by atoms with van der Waals surface area (Å²) in [6.07, 6.45) is 0.992. The highest BCUT2D eigenvalue weighted by Gasteiger charge is 2.36. The Bertz CT molecular complexity index is 233. The van der Waals surface area contributed by atoms with Crippen molar-refractivity contribution in [3.8, 4) is 6.07 Å². The van der Waals surface area contributed by atoms with Crippen LogP contribution in [0.2, 0.25) is 0 Å². The van der Waals surface area contributed by atoms with E-state index >= 15 is 0 Å². The average molecular weight is 210 g/mol. The summed E-state index contributed by atoms with van der Waals surface area (Å²) in [6.45, 7) is 6.00. The fourth-order valence-corrected chi connectivity index (χ4v) is 2.35. The molecule has 0 aliphatic carbocycles. The van der Waals surface area contributed by atoms with Gasteiger partial charge in [-0.15, -0.1) is 0 Å². The maximum Gasteiger partial charge on any atom is 0.0703 e. The number of nitriles is 1. The van der Waals surface area contributed by atoms with Crippen LogP contribution in [-0.2, 0) is 0 Å². The molecule has 0 aromatic carbocycles. The molecule has 3 N–H and O–H groups in total. The molecule has 0 spiro atoms. The van der Waals surface area contributed by atoms with Gasteiger partial charge >= 0.3 is 0 Å². The predicted molar refractivity (Wildman–Crippen MR) is 61.0 cm³/mol. The lowest BCUT2D eigenvalue weighted by atomic mass is 9.98. The molecule has 1 rings (SSSR count). The van der Waals surface area contributed by atoms with Crippen molar-refractivity contribution in [3.05, 3.63) is 0 Å². The van der Waals surface area contributed by atoms with Crippen LogP contribution in [-0.4, -0.2) is 37.2 Å². The van der Waals surface area contributed by atoms with Crippen LogP contribution >= 0.6 is 0 Å². The van der Waals surface area contributed by atoms with Crippen molar-refractivity contribution in [3.63, 3.8) is 0 Å². The first-order chi connectivity index (χ1) is 7.10. The number of rotatable bonds is 4. The van der Waals surface area contributed by atoms with Gasteiger partial charge in [0.05, 0.1) is 18.2 Å². The molecule has 1 heterocycles. The number of likely N-dealkylation sites (N-methyl/N-ethyl adjacent to an activating group) is 1. The van der Waals surface area contributed by atoms with E-state index in [1.165, 1.54) is 0 Å². The van der Waals surface area contributed by atoms with E-state index < -0.39 is 0 Å². The van der Waals surface area contributed by atoms with E-state index in [1.54, 1.807) is 0 Å². The van der Waals surface area contributed by atoms with Crippen molar-refractivity contribution >= 4 is 0 Å². The number of hydrogen-bond acceptors (Lipinski definition) is 4. The largest absolute Gasteiger partial charge is 0.317 e. The number of nitrogens with zero attached hydrogens (tertiary/aromatic N) is 2. The Labute approximate surface area is 92.4 Å². The van der Waals surface area contributed by atoms with Crippen LogP contribution in [0.4, 0.5) is 0 Å². The van der Waals surface area contributed by atoms with Crippen LogP contribution in [0.15, 0.2) is 0 Å². The minimum absolute atomic E-state index is 0.0285. The Morgan fingerprint density at radius 3 is 2.73 bits per heavy atom. The maximum atomic E-state index is 8.96. The van der Waals surface area contributed by atoms with Gasteiger partial charge in [-0.2, -0.15) is 5.26 Å². The van der Waals surface area contributed by atoms with Gasteiger partial charge in [-0.05, 0) is 19.4 Å². The summed E-state index contributed by atoms with van der Waals surface area (Å²) >= 11 is 0. The van der Waals surface area contributed by atoms with E-state index in [1.807, 2.05) is 7.05 Å². The Morgan fingerprint density at radius 1 is 1.60 bits per heavy atom. The molecule has 1 aliphatic rings. The molecule has 3 unspecified atom stereocenters. The zero-order chi connectivity index (χ0) is 11.4. The monoisotopic (exact) mass is 210 g/mol. The van der Waals surface area contributed by atoms with Gasteiger partial charge in [0.1, 0.15) is 0 Å². The number of hydrogen-bond donors (Lipinski definition) is 2. The molecule has 0 radical (unpaired) electrons. The summed E-state index contributed by atoms with van der Waals surface area (Å²) in [5.74, 6) is 0.714. The first-order valence-corrected chi connectivity index (χ1v) is 5.65. The van der Waals surface area contributed by atoms with Crippen molar-refractivity contribution < 1.29 is 0 Å². The SMILES string of the molecule is CNCC(N)N1CC(C#N)CC1C(C)C. The van der Waals surface area contributed by atoms with Gasteiger partial charge in [-0.1, -0.05) is 13.8 Å². The van der Waals surface area contributed by atoms with Gasteiger partial charge in [-0.3, -0.25) is 4.90 Å². The van der Waals surface area contributed by atoms with Crippen molar-refractivity contribution in [1.82, 2.24) is 10.2 Å². The molecule has 0 amide bonds. The number of nitrogens with one attached hydrogen (secondary N) is 1. The summed E-state index contributed by atoms with van der Waals surface area (Å²) < 4.78 is 0. The fourth-order valence-electron chi connectivity index (χ4n) is 2.35. The first-order valence-electron chi connectivity index (χ1n) is 5.65. The Balaban J connectivity index is 2.64. The van der Waals surface area contributed by atoms with Crippen LogP contribution in [0.1, 0.15) is 20.3 Å². The van der Waals surface area contributed by atoms with E-state index in [0.717, 1.165) is 19.5 Å². The second kappa shape index (κ2) is 5.45. The highest BCUT2D eigenvalue weighted by atomic mass is 15.3. The maximum absolute atomic E-state index is 8.96. The molecule has 1 saturated heterocycles. The normalized spacial score (nSPS) is 29.3. The van der Waals surface area contributed by atoms with E-state index in [9.17, 15) is 0 Å². The van der Waals surface area contributed by atoms with Crippen LogP contribution < -0.4 is 11.1 Å². The minimum Gasteiger partial charge on any atom is -0.317 e. The Morgan fingerprint density at radius 2 is 2.27 bits per heavy atom. The molecule has 0 saturated carbocycles. The lowest BCUT2D eigenvalue weighted by Crippen LogP contribution is -2.51. The summed E-state index contributed by atoms with van der Waals surface area (Å²) in [5.41, 5.74) is 6.09. The number of nitrogens with two attached hydrogens (primary N) is 1. The second-order valence-corrected chi connectivity index (χ2v) is 4.69. The van der Waals surface area contributed by atoms with Crippen LogP contribution in [0.25, 0.3) is 0 Å². The lowest BCUT2D eigenvalue weighted by molar-refractivity contribution is 0.147. The molecule has 0 bridgehead atoms. The predicted octanol–water partition coefficient (Wildman–Crippen LogP) is 0.361. The zero-order valence-electron chi connectivity index (χ0n) is 9.90. The fraction of sp³-hybridized carbons (Fsp3) is 0.909. The van der Waals surface area contributed by atoms with Crippen molar-refractivity contribution in [1.29, 1.82) is 5.26 Å². The minimum atomic E-state index is 0.0285. The molecule has 1 aliphatic heterocycles. The van der Waals surface area contributed by atoms with Gasteiger partial charge in [-0.25, -0.2) is 0 Å². The van der Waals surface area contributed by atoms with E-state index in [0.29, 0.717) is 12.0 Å². The molecule has 4 nitrogen and oxygen atoms in total. The second-order valence-electron chi connectivity index (χ2n) is 4.69. The van der Waals surface area contributed by atoms with Crippen LogP contribution in [0, 0.1) is 23.2 Å². The smallest absolute Gasteiger partial charge is 0.0703 e. The topological polar surface area (TPSA) is 65.1 Å². The van der Waals surface area contributed by atoms with Gasteiger partial charge in [0.2, 0.25) is 0 Å². The molecule has 0 aromatic rings. The van der Waals surface area contributed by atoms with Crippen LogP contribution in [0.3, 0.4) is 0 Å². The van der Waals surface area contributed by atoms with E-state index in [2.05, 4.69) is 30.1 Å². The summed E-state index contributed by atoms with van der Waals surface area (Å²) in [6, 6.07) is 2.81. The van der Waals surface area contributed by atoms with Crippen molar-refractivity contribution in [2.75, 3.05) is 20.1 Å². The highest BCUT2D eigenvalue weighted by molar-refractivity contribution is 4.98. The Kier molecular flexibility index (Phi) is 4.52. The molecule has 15 heavy (non-hydrogen) atoms. The first kappa shape index (κ1) is 12.4. The van der Waals surface area contributed by atoms with Crippen molar-refractivity contribution in [2.24, 2.45) is 17.6 Å². The quantitative estimate of drug-likeness (QED) is 0.703. The van der Waals surface area contributed by atoms with Crippen LogP contribution in [0.5, 0.6) is 0 Å². The molecule has 4 heteroatoms. The molecular formula is C11H22N4. The van der Waals surface area contributed by atoms with E-state index in [4.69, 9.17) is 11.0 Å². The highest BCUT2D eigenvalue weighted by Crippen LogP contribution is 2.28. The van der Waals surface area contributed by atoms with E-state index in [-0.39, 0.29) is 12.1 Å². The standard InChI is InChI=1S/C11H22N4/c1-8(2)10-4-9(5-12)7-15(10)11(13)6-14-3/h8-11,14H,4,6-7,13H2,1-3H3. The van der Waals surface area contributed by atoms with Gasteiger partial charge in [0.25, 0.3) is 0 Å². The van der Waals surface area contributed by atoms with Gasteiger partial charge in [0, 0.05) is 19.1 Å². The molecular weight excluding hydrogens is 188 g/mol. The molecule has 3 atom stereocenters. The third-order valence-corrected chi connectivity index (χ3v) is 3.17. The molecule has 86 valence electrons. The van der Waals surface area contributed by atoms with Gasteiger partial charge < -0.3 is 11.1 Å². The molecule has 0 aromatic heterocycles. The zero-order valence-corrected chi connectivity index (χ0v) is 9.90. The molecule has 1 fully saturated rings. The van der Waals surface area contributed by atoms with Crippen molar-refractivity contribution in [2.45, 2.75) is 32.5 Å². The number of likely N-dealkylation sites (tertiary alicyclic amines) is 1. The summed E-state index contributed by atoms with van der Waals surface area (Å²) in [5, 5.41) is 12.0. The lowest BCUT2D eigenvalue weighted by Gasteiger charge is -2.32. The van der Waals surface area contributed by atoms with Gasteiger partial charge in [0.15, 0.2) is 0 Å². The third-order valence-electron chi connectivity index (χ3n) is 3.17. The Hall–Kier alpha value is -0.630. The summed E-state index contributed by atoms with van der Waals surface area (Å²) in [4.78, 5) is 2.27. The summed E-state index contributed by atoms with van der Waals surface area (Å²) in [7, 11) is 1.90. The average Bonchev–Trinajstić information content (AvgIpc) is 2.61. The third kappa shape index (κ3) is 2.91.